The Balaban J connectivity index is 1.95. The van der Waals surface area contributed by atoms with E-state index in [2.05, 4.69) is 5.32 Å². The van der Waals surface area contributed by atoms with Crippen LogP contribution in [-0.4, -0.2) is 40.7 Å². The van der Waals surface area contributed by atoms with E-state index in [0.717, 1.165) is 0 Å². The third-order valence-corrected chi connectivity index (χ3v) is 4.22. The number of benzene rings is 1. The molecular formula is C18H26N2O4. The molecule has 0 unspecified atom stereocenters. The number of piperidine rings is 1. The van der Waals surface area contributed by atoms with Gasteiger partial charge in [0.25, 0.3) is 0 Å². The first kappa shape index (κ1) is 18.1. The number of phenols is 1. The van der Waals surface area contributed by atoms with E-state index in [1.54, 1.807) is 23.1 Å². The van der Waals surface area contributed by atoms with Crippen LogP contribution in [0.2, 0.25) is 0 Å². The molecule has 0 aliphatic carbocycles. The van der Waals surface area contributed by atoms with Gasteiger partial charge in [0.05, 0.1) is 11.1 Å². The molecule has 2 N–H and O–H groups in total. The number of nitrogens with zero attached hydrogens (tertiary/aromatic N) is 1. The van der Waals surface area contributed by atoms with Gasteiger partial charge in [-0.05, 0) is 45.7 Å². The van der Waals surface area contributed by atoms with Crippen LogP contribution in [0.4, 0.5) is 10.5 Å². The lowest BCUT2D eigenvalue weighted by Crippen LogP contribution is -2.48. The van der Waals surface area contributed by atoms with Gasteiger partial charge >= 0.3 is 6.09 Å². The Labute approximate surface area is 142 Å². The quantitative estimate of drug-likeness (QED) is 0.813. The monoisotopic (exact) mass is 334 g/mol. The molecule has 1 aliphatic heterocycles. The summed E-state index contributed by atoms with van der Waals surface area (Å²) in [4.78, 5) is 26.3. The molecule has 6 heteroatoms. The second-order valence-corrected chi connectivity index (χ2v) is 7.50. The van der Waals surface area contributed by atoms with Crippen molar-refractivity contribution in [2.45, 2.75) is 46.1 Å². The van der Waals surface area contributed by atoms with Crippen LogP contribution in [0.25, 0.3) is 0 Å². The van der Waals surface area contributed by atoms with Gasteiger partial charge in [-0.15, -0.1) is 0 Å². The molecule has 0 radical (unpaired) electrons. The number of hydrogen-bond donors (Lipinski definition) is 2. The number of rotatable bonds is 2. The van der Waals surface area contributed by atoms with E-state index in [0.29, 0.717) is 31.6 Å². The highest BCUT2D eigenvalue weighted by molar-refractivity contribution is 5.96. The van der Waals surface area contributed by atoms with Crippen LogP contribution in [-0.2, 0) is 9.53 Å². The number of likely N-dealkylation sites (tertiary alicyclic amines) is 1. The highest BCUT2D eigenvalue weighted by Crippen LogP contribution is 2.34. The van der Waals surface area contributed by atoms with Crippen molar-refractivity contribution in [3.63, 3.8) is 0 Å². The molecule has 0 spiro atoms. The zero-order valence-electron chi connectivity index (χ0n) is 14.8. The summed E-state index contributed by atoms with van der Waals surface area (Å²) in [6.07, 6.45) is 0.753. The molecule has 1 saturated heterocycles. The van der Waals surface area contributed by atoms with Crippen LogP contribution in [0.15, 0.2) is 24.3 Å². The van der Waals surface area contributed by atoms with E-state index < -0.39 is 11.0 Å². The molecule has 0 bridgehead atoms. The summed E-state index contributed by atoms with van der Waals surface area (Å²) >= 11 is 0. The Bertz CT molecular complexity index is 614. The predicted molar refractivity (Wildman–Crippen MR) is 91.9 cm³/mol. The smallest absolute Gasteiger partial charge is 0.410 e. The summed E-state index contributed by atoms with van der Waals surface area (Å²) in [7, 11) is 0. The van der Waals surface area contributed by atoms with Crippen LogP contribution in [0.5, 0.6) is 5.75 Å². The van der Waals surface area contributed by atoms with Crippen molar-refractivity contribution < 1.29 is 19.4 Å². The van der Waals surface area contributed by atoms with Crippen LogP contribution in [0.3, 0.4) is 0 Å². The van der Waals surface area contributed by atoms with Gasteiger partial charge in [0, 0.05) is 13.1 Å². The number of amides is 2. The topological polar surface area (TPSA) is 78.9 Å². The summed E-state index contributed by atoms with van der Waals surface area (Å²) in [5, 5.41) is 12.6. The van der Waals surface area contributed by atoms with Crippen molar-refractivity contribution in [1.29, 1.82) is 0 Å². The van der Waals surface area contributed by atoms with Crippen LogP contribution in [0.1, 0.15) is 40.5 Å². The molecule has 1 fully saturated rings. The predicted octanol–water partition coefficient (Wildman–Crippen LogP) is 3.37. The third kappa shape index (κ3) is 4.40. The van der Waals surface area contributed by atoms with Gasteiger partial charge in [0.2, 0.25) is 5.91 Å². The van der Waals surface area contributed by atoms with Gasteiger partial charge in [0.15, 0.2) is 0 Å². The fraction of sp³-hybridized carbons (Fsp3) is 0.556. The van der Waals surface area contributed by atoms with Gasteiger partial charge < -0.3 is 20.1 Å². The van der Waals surface area contributed by atoms with Crippen LogP contribution < -0.4 is 5.32 Å². The van der Waals surface area contributed by atoms with E-state index in [4.69, 9.17) is 4.74 Å². The average molecular weight is 334 g/mol. The van der Waals surface area contributed by atoms with E-state index in [1.807, 2.05) is 27.7 Å². The zero-order chi connectivity index (χ0) is 18.0. The van der Waals surface area contributed by atoms with Gasteiger partial charge in [0.1, 0.15) is 11.4 Å². The SMILES string of the molecule is CC(C)(C)OC(=O)N1CCC(C)(C(=O)Nc2ccccc2O)CC1. The van der Waals surface area contributed by atoms with Gasteiger partial charge in [-0.3, -0.25) is 4.79 Å². The average Bonchev–Trinajstić information content (AvgIpc) is 2.48. The molecule has 1 aliphatic rings. The normalized spacial score (nSPS) is 17.2. The molecule has 2 rings (SSSR count). The van der Waals surface area contributed by atoms with Crippen LogP contribution >= 0.6 is 0 Å². The summed E-state index contributed by atoms with van der Waals surface area (Å²) in [5.74, 6) is -0.103. The Morgan fingerprint density at radius 3 is 2.33 bits per heavy atom. The van der Waals surface area contributed by atoms with Crippen molar-refractivity contribution >= 4 is 17.7 Å². The Morgan fingerprint density at radius 2 is 1.79 bits per heavy atom. The Morgan fingerprint density at radius 1 is 1.21 bits per heavy atom. The number of para-hydroxylation sites is 2. The summed E-state index contributed by atoms with van der Waals surface area (Å²) in [6.45, 7) is 8.32. The van der Waals surface area contributed by atoms with E-state index in [9.17, 15) is 14.7 Å². The highest BCUT2D eigenvalue weighted by Gasteiger charge is 2.39. The van der Waals surface area contributed by atoms with Gasteiger partial charge in [-0.25, -0.2) is 4.79 Å². The molecular weight excluding hydrogens is 308 g/mol. The lowest BCUT2D eigenvalue weighted by molar-refractivity contribution is -0.127. The first-order chi connectivity index (χ1) is 11.1. The first-order valence-electron chi connectivity index (χ1n) is 8.18. The maximum absolute atomic E-state index is 12.6. The molecule has 1 heterocycles. The molecule has 132 valence electrons. The molecule has 0 atom stereocenters. The van der Waals surface area contributed by atoms with Crippen molar-refractivity contribution in [2.75, 3.05) is 18.4 Å². The minimum atomic E-state index is -0.583. The zero-order valence-corrected chi connectivity index (χ0v) is 14.8. The molecule has 0 saturated carbocycles. The molecule has 24 heavy (non-hydrogen) atoms. The lowest BCUT2D eigenvalue weighted by atomic mass is 9.79. The Kier molecular flexibility index (Phi) is 5.06. The Hall–Kier alpha value is -2.24. The minimum absolute atomic E-state index is 0.0423. The first-order valence-corrected chi connectivity index (χ1v) is 8.18. The molecule has 2 amide bonds. The van der Waals surface area contributed by atoms with Crippen molar-refractivity contribution in [2.24, 2.45) is 5.41 Å². The fourth-order valence-electron chi connectivity index (χ4n) is 2.59. The standard InChI is InChI=1S/C18H26N2O4/c1-17(2,3)24-16(23)20-11-9-18(4,10-12-20)15(22)19-13-7-5-6-8-14(13)21/h5-8,21H,9-12H2,1-4H3,(H,19,22). The number of phenolic OH excluding ortho intramolecular Hbond substituents is 1. The largest absolute Gasteiger partial charge is 0.506 e. The van der Waals surface area contributed by atoms with E-state index >= 15 is 0 Å². The maximum atomic E-state index is 12.6. The number of anilines is 1. The van der Waals surface area contributed by atoms with Crippen molar-refractivity contribution in [1.82, 2.24) is 4.90 Å². The highest BCUT2D eigenvalue weighted by atomic mass is 16.6. The number of aromatic hydroxyl groups is 1. The number of hydrogen-bond acceptors (Lipinski definition) is 4. The van der Waals surface area contributed by atoms with Crippen LogP contribution in [0, 0.1) is 5.41 Å². The van der Waals surface area contributed by atoms with Gasteiger partial charge in [-0.2, -0.15) is 0 Å². The maximum Gasteiger partial charge on any atom is 0.410 e. The van der Waals surface area contributed by atoms with Crippen molar-refractivity contribution in [3.8, 4) is 5.75 Å². The number of carbonyl (C=O) groups is 2. The summed E-state index contributed by atoms with van der Waals surface area (Å²) in [5.41, 5.74) is -0.709. The summed E-state index contributed by atoms with van der Waals surface area (Å²) in [6, 6.07) is 6.64. The molecule has 6 nitrogen and oxygen atoms in total. The second-order valence-electron chi connectivity index (χ2n) is 7.50. The fourth-order valence-corrected chi connectivity index (χ4v) is 2.59. The third-order valence-electron chi connectivity index (χ3n) is 4.22. The van der Waals surface area contributed by atoms with E-state index in [-0.39, 0.29) is 17.7 Å². The number of carbonyl (C=O) groups excluding carboxylic acids is 2. The lowest BCUT2D eigenvalue weighted by Gasteiger charge is -2.38. The summed E-state index contributed by atoms with van der Waals surface area (Å²) < 4.78 is 5.37. The molecule has 0 aromatic heterocycles. The van der Waals surface area contributed by atoms with E-state index in [1.165, 1.54) is 6.07 Å². The number of nitrogens with one attached hydrogen (secondary N) is 1. The second kappa shape index (κ2) is 6.71. The molecule has 1 aromatic carbocycles. The molecule has 1 aromatic rings. The minimum Gasteiger partial charge on any atom is -0.506 e. The van der Waals surface area contributed by atoms with Gasteiger partial charge in [-0.1, -0.05) is 19.1 Å². The number of ether oxygens (including phenoxy) is 1. The van der Waals surface area contributed by atoms with Crippen molar-refractivity contribution in [3.05, 3.63) is 24.3 Å².